The second-order valence-corrected chi connectivity index (χ2v) is 3.91. The van der Waals surface area contributed by atoms with Gasteiger partial charge in [0, 0.05) is 18.2 Å². The van der Waals surface area contributed by atoms with E-state index < -0.39 is 11.8 Å². The molecule has 0 radical (unpaired) electrons. The summed E-state index contributed by atoms with van der Waals surface area (Å²) in [6, 6.07) is 3.77. The summed E-state index contributed by atoms with van der Waals surface area (Å²) in [4.78, 5) is 21.7. The van der Waals surface area contributed by atoms with Crippen molar-refractivity contribution in [1.29, 1.82) is 0 Å². The van der Waals surface area contributed by atoms with Crippen molar-refractivity contribution in [3.05, 3.63) is 35.7 Å². The van der Waals surface area contributed by atoms with Gasteiger partial charge in [0.15, 0.2) is 0 Å². The molecule has 2 N–H and O–H groups in total. The molecule has 0 aromatic heterocycles. The predicted octanol–water partition coefficient (Wildman–Crippen LogP) is 1.83. The first-order valence-corrected chi connectivity index (χ1v) is 6.13. The first-order chi connectivity index (χ1) is 9.52. The molecule has 0 aliphatic rings. The second kappa shape index (κ2) is 7.93. The fourth-order valence-electron chi connectivity index (χ4n) is 1.48. The Morgan fingerprint density at radius 3 is 2.85 bits per heavy atom. The molecular weight excluding hydrogens is 265 g/mol. The van der Waals surface area contributed by atoms with E-state index in [1.165, 1.54) is 24.3 Å². The Morgan fingerprint density at radius 2 is 2.20 bits per heavy atom. The van der Waals surface area contributed by atoms with E-state index in [0.717, 1.165) is 6.08 Å². The lowest BCUT2D eigenvalue weighted by molar-refractivity contribution is -0.131. The summed E-state index contributed by atoms with van der Waals surface area (Å²) >= 11 is 0. The first kappa shape index (κ1) is 15.7. The zero-order valence-corrected chi connectivity index (χ0v) is 11.1. The van der Waals surface area contributed by atoms with Gasteiger partial charge in [-0.3, -0.25) is 4.79 Å². The average molecular weight is 281 g/mol. The van der Waals surface area contributed by atoms with Gasteiger partial charge in [-0.15, -0.1) is 0 Å². The van der Waals surface area contributed by atoms with Crippen LogP contribution in [0.15, 0.2) is 24.3 Å². The van der Waals surface area contributed by atoms with Crippen molar-refractivity contribution < 1.29 is 23.8 Å². The van der Waals surface area contributed by atoms with Gasteiger partial charge in [0.05, 0.1) is 13.0 Å². The Morgan fingerprint density at radius 1 is 1.45 bits per heavy atom. The number of hydrogen-bond acceptors (Lipinski definition) is 3. The Balaban J connectivity index is 2.69. The van der Waals surface area contributed by atoms with E-state index in [9.17, 15) is 14.0 Å². The average Bonchev–Trinajstić information content (AvgIpc) is 2.38. The highest BCUT2D eigenvalue weighted by Gasteiger charge is 2.05. The Kier molecular flexibility index (Phi) is 6.22. The molecule has 0 bridgehead atoms. The third kappa shape index (κ3) is 5.51. The van der Waals surface area contributed by atoms with Gasteiger partial charge in [0.2, 0.25) is 5.91 Å². The molecule has 1 aromatic rings. The summed E-state index contributed by atoms with van der Waals surface area (Å²) in [6.45, 7) is 2.49. The van der Waals surface area contributed by atoms with Crippen LogP contribution < -0.4 is 10.1 Å². The van der Waals surface area contributed by atoms with Gasteiger partial charge in [0.1, 0.15) is 11.6 Å². The monoisotopic (exact) mass is 281 g/mol. The van der Waals surface area contributed by atoms with Crippen LogP contribution in [-0.2, 0) is 9.59 Å². The molecular formula is C14H16FNO4. The van der Waals surface area contributed by atoms with Crippen LogP contribution >= 0.6 is 0 Å². The minimum absolute atomic E-state index is 0.130. The number of nitrogens with one attached hydrogen (secondary N) is 1. The maximum absolute atomic E-state index is 13.1. The summed E-state index contributed by atoms with van der Waals surface area (Å²) in [5.41, 5.74) is 0.309. The Bertz CT molecular complexity index is 514. The highest BCUT2D eigenvalue weighted by molar-refractivity contribution is 5.85. The van der Waals surface area contributed by atoms with Gasteiger partial charge in [-0.2, -0.15) is 0 Å². The number of aliphatic carboxylic acids is 1. The standard InChI is InChI=1S/C14H16FNO4/c1-2-16-13(17)7-8-20-12-5-4-11(15)9-10(12)3-6-14(18)19/h3-6,9H,2,7-8H2,1H3,(H,16,17)(H,18,19)/b6-3+. The minimum Gasteiger partial charge on any atom is -0.492 e. The molecule has 1 amide bonds. The molecule has 5 nitrogen and oxygen atoms in total. The largest absolute Gasteiger partial charge is 0.492 e. The SMILES string of the molecule is CCNC(=O)CCOc1ccc(F)cc1/C=C/C(=O)O. The van der Waals surface area contributed by atoms with Gasteiger partial charge in [-0.25, -0.2) is 9.18 Å². The molecule has 20 heavy (non-hydrogen) atoms. The van der Waals surface area contributed by atoms with Crippen molar-refractivity contribution in [1.82, 2.24) is 5.32 Å². The minimum atomic E-state index is -1.14. The van der Waals surface area contributed by atoms with E-state index in [0.29, 0.717) is 17.9 Å². The molecule has 0 spiro atoms. The molecule has 0 heterocycles. The van der Waals surface area contributed by atoms with Crippen molar-refractivity contribution in [2.75, 3.05) is 13.2 Å². The van der Waals surface area contributed by atoms with E-state index in [-0.39, 0.29) is 18.9 Å². The van der Waals surface area contributed by atoms with Crippen LogP contribution in [0.2, 0.25) is 0 Å². The molecule has 0 atom stereocenters. The smallest absolute Gasteiger partial charge is 0.328 e. The van der Waals surface area contributed by atoms with Gasteiger partial charge in [-0.05, 0) is 31.2 Å². The summed E-state index contributed by atoms with van der Waals surface area (Å²) < 4.78 is 18.5. The highest BCUT2D eigenvalue weighted by atomic mass is 19.1. The fourth-order valence-corrected chi connectivity index (χ4v) is 1.48. The van der Waals surface area contributed by atoms with Crippen molar-refractivity contribution in [2.45, 2.75) is 13.3 Å². The number of hydrogen-bond donors (Lipinski definition) is 2. The lowest BCUT2D eigenvalue weighted by Crippen LogP contribution is -2.24. The maximum atomic E-state index is 13.1. The van der Waals surface area contributed by atoms with Crippen LogP contribution in [0.3, 0.4) is 0 Å². The number of carbonyl (C=O) groups excluding carboxylic acids is 1. The van der Waals surface area contributed by atoms with Gasteiger partial charge in [-0.1, -0.05) is 0 Å². The van der Waals surface area contributed by atoms with Crippen LogP contribution in [0.4, 0.5) is 4.39 Å². The molecule has 1 aromatic carbocycles. The zero-order chi connectivity index (χ0) is 15.0. The summed E-state index contributed by atoms with van der Waals surface area (Å²) in [5, 5.41) is 11.2. The molecule has 0 fully saturated rings. The van der Waals surface area contributed by atoms with Gasteiger partial charge >= 0.3 is 5.97 Å². The normalized spacial score (nSPS) is 10.5. The molecule has 0 aliphatic carbocycles. The third-order valence-electron chi connectivity index (χ3n) is 2.34. The van der Waals surface area contributed by atoms with Crippen molar-refractivity contribution in [3.8, 4) is 5.75 Å². The van der Waals surface area contributed by atoms with Crippen molar-refractivity contribution in [2.24, 2.45) is 0 Å². The van der Waals surface area contributed by atoms with Crippen molar-refractivity contribution in [3.63, 3.8) is 0 Å². The fraction of sp³-hybridized carbons (Fsp3) is 0.286. The maximum Gasteiger partial charge on any atom is 0.328 e. The van der Waals surface area contributed by atoms with Gasteiger partial charge in [0.25, 0.3) is 0 Å². The van der Waals surface area contributed by atoms with Crippen LogP contribution in [-0.4, -0.2) is 30.1 Å². The summed E-state index contributed by atoms with van der Waals surface area (Å²) in [7, 11) is 0. The number of ether oxygens (including phenoxy) is 1. The third-order valence-corrected chi connectivity index (χ3v) is 2.34. The molecule has 6 heteroatoms. The van der Waals surface area contributed by atoms with E-state index in [4.69, 9.17) is 9.84 Å². The van der Waals surface area contributed by atoms with E-state index in [1.807, 2.05) is 6.92 Å². The van der Waals surface area contributed by atoms with E-state index >= 15 is 0 Å². The van der Waals surface area contributed by atoms with Crippen LogP contribution in [0.25, 0.3) is 6.08 Å². The topological polar surface area (TPSA) is 75.6 Å². The number of benzene rings is 1. The molecule has 0 saturated carbocycles. The van der Waals surface area contributed by atoms with Crippen LogP contribution in [0, 0.1) is 5.82 Å². The molecule has 0 saturated heterocycles. The zero-order valence-electron chi connectivity index (χ0n) is 11.1. The summed E-state index contributed by atoms with van der Waals surface area (Å²) in [5.74, 6) is -1.45. The molecule has 1 rings (SSSR count). The number of carboxylic acids is 1. The van der Waals surface area contributed by atoms with Crippen LogP contribution in [0.1, 0.15) is 18.9 Å². The van der Waals surface area contributed by atoms with Crippen LogP contribution in [0.5, 0.6) is 5.75 Å². The predicted molar refractivity (Wildman–Crippen MR) is 71.9 cm³/mol. The number of carbonyl (C=O) groups is 2. The molecule has 0 aliphatic heterocycles. The van der Waals surface area contributed by atoms with E-state index in [2.05, 4.69) is 5.32 Å². The number of halogens is 1. The highest BCUT2D eigenvalue weighted by Crippen LogP contribution is 2.21. The summed E-state index contributed by atoms with van der Waals surface area (Å²) in [6.07, 6.45) is 2.31. The quantitative estimate of drug-likeness (QED) is 0.748. The Hall–Kier alpha value is -2.37. The lowest BCUT2D eigenvalue weighted by atomic mass is 10.2. The molecule has 0 unspecified atom stereocenters. The molecule has 108 valence electrons. The number of rotatable bonds is 7. The van der Waals surface area contributed by atoms with Crippen molar-refractivity contribution >= 4 is 18.0 Å². The van der Waals surface area contributed by atoms with E-state index in [1.54, 1.807) is 0 Å². The van der Waals surface area contributed by atoms with Gasteiger partial charge < -0.3 is 15.2 Å². The Labute approximate surface area is 116 Å². The first-order valence-electron chi connectivity index (χ1n) is 6.13. The second-order valence-electron chi connectivity index (χ2n) is 3.91. The number of amides is 1. The lowest BCUT2D eigenvalue weighted by Gasteiger charge is -2.09. The number of carboxylic acid groups (broad SMARTS) is 1.